The highest BCUT2D eigenvalue weighted by Crippen LogP contribution is 1.90. The van der Waals surface area contributed by atoms with E-state index in [1.807, 2.05) is 12.1 Å². The summed E-state index contributed by atoms with van der Waals surface area (Å²) in [5.41, 5.74) is 3.82. The highest BCUT2D eigenvalue weighted by Gasteiger charge is 2.00. The number of rotatable bonds is 2. The van der Waals surface area contributed by atoms with Gasteiger partial charge in [0.15, 0.2) is 0 Å². The second-order valence-electron chi connectivity index (χ2n) is 2.81. The molecule has 0 saturated carbocycles. The molecule has 0 spiro atoms. The van der Waals surface area contributed by atoms with Crippen molar-refractivity contribution in [2.24, 2.45) is 10.1 Å². The molecule has 0 aromatic carbocycles. The summed E-state index contributed by atoms with van der Waals surface area (Å²) in [4.78, 5) is 8.05. The van der Waals surface area contributed by atoms with Gasteiger partial charge < -0.3 is 5.32 Å². The van der Waals surface area contributed by atoms with Gasteiger partial charge >= 0.3 is 0 Å². The molecule has 0 atom stereocenters. The van der Waals surface area contributed by atoms with E-state index in [4.69, 9.17) is 0 Å². The van der Waals surface area contributed by atoms with Crippen LogP contribution in [0.2, 0.25) is 0 Å². The van der Waals surface area contributed by atoms with Crippen molar-refractivity contribution in [1.82, 2.24) is 15.7 Å². The minimum Gasteiger partial charge on any atom is -0.353 e. The van der Waals surface area contributed by atoms with Crippen molar-refractivity contribution in [3.8, 4) is 0 Å². The third-order valence-electron chi connectivity index (χ3n) is 1.76. The fraction of sp³-hybridized carbons (Fsp3) is 0.222. The Morgan fingerprint density at radius 1 is 1.43 bits per heavy atom. The van der Waals surface area contributed by atoms with Gasteiger partial charge in [0.1, 0.15) is 0 Å². The van der Waals surface area contributed by atoms with Crippen molar-refractivity contribution < 1.29 is 0 Å². The maximum Gasteiger partial charge on any atom is 0.212 e. The van der Waals surface area contributed by atoms with Crippen LogP contribution in [0.5, 0.6) is 0 Å². The van der Waals surface area contributed by atoms with Gasteiger partial charge in [-0.25, -0.2) is 10.4 Å². The third kappa shape index (κ3) is 2.29. The predicted molar refractivity (Wildman–Crippen MR) is 55.3 cm³/mol. The van der Waals surface area contributed by atoms with E-state index in [-0.39, 0.29) is 0 Å². The minimum absolute atomic E-state index is 0.732. The van der Waals surface area contributed by atoms with E-state index < -0.39 is 0 Å². The van der Waals surface area contributed by atoms with Gasteiger partial charge in [0.2, 0.25) is 5.96 Å². The van der Waals surface area contributed by atoms with Crippen molar-refractivity contribution in [3.05, 3.63) is 30.1 Å². The van der Waals surface area contributed by atoms with Gasteiger partial charge in [-0.05, 0) is 17.7 Å². The second kappa shape index (κ2) is 4.36. The Labute approximate surface area is 82.0 Å². The lowest BCUT2D eigenvalue weighted by molar-refractivity contribution is 0.920. The van der Waals surface area contributed by atoms with E-state index in [2.05, 4.69) is 25.8 Å². The number of aliphatic imine (C=N–C) groups is 1. The first-order chi connectivity index (χ1) is 6.95. The summed E-state index contributed by atoms with van der Waals surface area (Å²) in [6, 6.07) is 3.77. The average Bonchev–Trinajstić information content (AvgIpc) is 2.72. The fourth-order valence-corrected chi connectivity index (χ4v) is 1.09. The van der Waals surface area contributed by atoms with Crippen LogP contribution < -0.4 is 10.7 Å². The van der Waals surface area contributed by atoms with Crippen LogP contribution in [0.1, 0.15) is 5.56 Å². The van der Waals surface area contributed by atoms with Crippen LogP contribution in [-0.2, 0) is 0 Å². The molecule has 2 N–H and O–H groups in total. The summed E-state index contributed by atoms with van der Waals surface area (Å²) in [7, 11) is 0. The quantitative estimate of drug-likeness (QED) is 0.507. The van der Waals surface area contributed by atoms with Crippen molar-refractivity contribution in [2.45, 2.75) is 0 Å². The highest BCUT2D eigenvalue weighted by molar-refractivity contribution is 5.84. The lowest BCUT2D eigenvalue weighted by atomic mass is 10.3. The summed E-state index contributed by atoms with van der Waals surface area (Å²) in [6.07, 6.45) is 5.18. The van der Waals surface area contributed by atoms with Gasteiger partial charge in [0, 0.05) is 18.9 Å². The molecule has 0 amide bonds. The number of aromatic nitrogens is 1. The molecular formula is C9H11N5. The molecule has 5 nitrogen and oxygen atoms in total. The van der Waals surface area contributed by atoms with Crippen LogP contribution in [0.15, 0.2) is 34.6 Å². The number of hydrazone groups is 1. The highest BCUT2D eigenvalue weighted by atomic mass is 15.4. The van der Waals surface area contributed by atoms with Gasteiger partial charge in [0.25, 0.3) is 0 Å². The Hall–Kier alpha value is -1.91. The van der Waals surface area contributed by atoms with Gasteiger partial charge in [-0.15, -0.1) is 0 Å². The summed E-state index contributed by atoms with van der Waals surface area (Å²) in [5, 5.41) is 7.08. The van der Waals surface area contributed by atoms with Crippen LogP contribution in [-0.4, -0.2) is 30.2 Å². The SMILES string of the molecule is C(=N\NC1=NCCN1)/c1ccncc1. The molecule has 0 aliphatic carbocycles. The molecule has 0 unspecified atom stereocenters. The number of guanidine groups is 1. The molecule has 0 fully saturated rings. The van der Waals surface area contributed by atoms with Crippen LogP contribution in [0.25, 0.3) is 0 Å². The molecule has 72 valence electrons. The van der Waals surface area contributed by atoms with Crippen molar-refractivity contribution in [2.75, 3.05) is 13.1 Å². The predicted octanol–water partition coefficient (Wildman–Crippen LogP) is -0.0357. The Morgan fingerprint density at radius 2 is 2.29 bits per heavy atom. The lowest BCUT2D eigenvalue weighted by Gasteiger charge is -1.98. The summed E-state index contributed by atoms with van der Waals surface area (Å²) in [5.74, 6) is 0.732. The Bertz CT molecular complexity index is 343. The zero-order valence-corrected chi connectivity index (χ0v) is 7.64. The molecule has 2 heterocycles. The van der Waals surface area contributed by atoms with E-state index in [9.17, 15) is 0 Å². The van der Waals surface area contributed by atoms with Crippen LogP contribution >= 0.6 is 0 Å². The van der Waals surface area contributed by atoms with E-state index in [1.54, 1.807) is 18.6 Å². The van der Waals surface area contributed by atoms with E-state index in [0.29, 0.717) is 0 Å². The maximum atomic E-state index is 4.14. The largest absolute Gasteiger partial charge is 0.353 e. The first-order valence-corrected chi connectivity index (χ1v) is 4.42. The first kappa shape index (κ1) is 8.68. The Morgan fingerprint density at radius 3 is 3.00 bits per heavy atom. The Kier molecular flexibility index (Phi) is 2.70. The summed E-state index contributed by atoms with van der Waals surface area (Å²) in [6.45, 7) is 1.69. The Balaban J connectivity index is 1.88. The number of nitrogens with one attached hydrogen (secondary N) is 2. The van der Waals surface area contributed by atoms with Gasteiger partial charge in [-0.3, -0.25) is 4.98 Å². The standard InChI is InChI=1S/C9H11N5/c1-3-10-4-2-8(1)7-13-14-9-11-5-6-12-9/h1-4,7H,5-6H2,(H2,11,12,14)/b13-7+. The molecular weight excluding hydrogens is 178 g/mol. The number of nitrogens with zero attached hydrogens (tertiary/aromatic N) is 3. The molecule has 1 aliphatic heterocycles. The van der Waals surface area contributed by atoms with Crippen molar-refractivity contribution in [1.29, 1.82) is 0 Å². The number of pyridine rings is 1. The second-order valence-corrected chi connectivity index (χ2v) is 2.81. The number of hydrogen-bond acceptors (Lipinski definition) is 5. The van der Waals surface area contributed by atoms with Crippen molar-refractivity contribution in [3.63, 3.8) is 0 Å². The topological polar surface area (TPSA) is 61.7 Å². The maximum absolute atomic E-state index is 4.14. The van der Waals surface area contributed by atoms with Gasteiger partial charge in [-0.2, -0.15) is 5.10 Å². The summed E-state index contributed by atoms with van der Waals surface area (Å²) >= 11 is 0. The van der Waals surface area contributed by atoms with Crippen LogP contribution in [0, 0.1) is 0 Å². The zero-order chi connectivity index (χ0) is 9.64. The van der Waals surface area contributed by atoms with Crippen LogP contribution in [0.4, 0.5) is 0 Å². The first-order valence-electron chi connectivity index (χ1n) is 4.42. The molecule has 2 rings (SSSR count). The normalized spacial score (nSPS) is 15.3. The molecule has 1 aliphatic rings. The van der Waals surface area contributed by atoms with E-state index >= 15 is 0 Å². The summed E-state index contributed by atoms with van der Waals surface area (Å²) < 4.78 is 0. The number of hydrogen-bond donors (Lipinski definition) is 2. The molecule has 5 heteroatoms. The molecule has 0 saturated heterocycles. The third-order valence-corrected chi connectivity index (χ3v) is 1.76. The van der Waals surface area contributed by atoms with Gasteiger partial charge in [-0.1, -0.05) is 0 Å². The molecule has 0 bridgehead atoms. The molecule has 1 aromatic heterocycles. The smallest absolute Gasteiger partial charge is 0.212 e. The minimum atomic E-state index is 0.732. The van der Waals surface area contributed by atoms with Crippen LogP contribution in [0.3, 0.4) is 0 Å². The van der Waals surface area contributed by atoms with Crippen molar-refractivity contribution >= 4 is 12.2 Å². The molecule has 14 heavy (non-hydrogen) atoms. The monoisotopic (exact) mass is 189 g/mol. The van der Waals surface area contributed by atoms with E-state index in [1.165, 1.54) is 0 Å². The average molecular weight is 189 g/mol. The lowest BCUT2D eigenvalue weighted by Crippen LogP contribution is -2.30. The fourth-order valence-electron chi connectivity index (χ4n) is 1.09. The van der Waals surface area contributed by atoms with E-state index in [0.717, 1.165) is 24.6 Å². The zero-order valence-electron chi connectivity index (χ0n) is 7.64. The van der Waals surface area contributed by atoms with Gasteiger partial charge in [0.05, 0.1) is 12.8 Å². The molecule has 1 aromatic rings. The molecule has 0 radical (unpaired) electrons.